The second-order valence-corrected chi connectivity index (χ2v) is 4.55. The van der Waals surface area contributed by atoms with Crippen molar-refractivity contribution in [3.8, 4) is 0 Å². The van der Waals surface area contributed by atoms with Crippen molar-refractivity contribution >= 4 is 0 Å². The van der Waals surface area contributed by atoms with E-state index in [-0.39, 0.29) is 18.0 Å². The van der Waals surface area contributed by atoms with Crippen molar-refractivity contribution in [2.45, 2.75) is 39.0 Å². The van der Waals surface area contributed by atoms with Gasteiger partial charge >= 0.3 is 0 Å². The highest BCUT2D eigenvalue weighted by molar-refractivity contribution is 5.26. The number of ether oxygens (including phenoxy) is 1. The van der Waals surface area contributed by atoms with Crippen LogP contribution in [0, 0.1) is 12.7 Å². The summed E-state index contributed by atoms with van der Waals surface area (Å²) in [6, 6.07) is 5.48. The summed E-state index contributed by atoms with van der Waals surface area (Å²) in [6.07, 6.45) is -0.0650. The number of hydrogen-bond donors (Lipinski definition) is 1. The highest BCUT2D eigenvalue weighted by Gasteiger charge is 2.27. The van der Waals surface area contributed by atoms with Crippen molar-refractivity contribution in [1.29, 1.82) is 0 Å². The molecule has 1 aliphatic rings. The lowest BCUT2D eigenvalue weighted by Crippen LogP contribution is -2.46. The zero-order valence-electron chi connectivity index (χ0n) is 9.96. The molecule has 0 radical (unpaired) electrons. The van der Waals surface area contributed by atoms with Crippen LogP contribution < -0.4 is 5.32 Å². The molecular weight excluding hydrogens is 205 g/mol. The Morgan fingerprint density at radius 1 is 1.38 bits per heavy atom. The van der Waals surface area contributed by atoms with Gasteiger partial charge in [0, 0.05) is 18.2 Å². The summed E-state index contributed by atoms with van der Waals surface area (Å²) < 4.78 is 19.5. The third kappa shape index (κ3) is 2.25. The molecule has 3 heteroatoms. The predicted molar refractivity (Wildman–Crippen MR) is 61.9 cm³/mol. The number of nitrogens with one attached hydrogen (secondary N) is 1. The molecule has 0 amide bonds. The van der Waals surface area contributed by atoms with Gasteiger partial charge in [-0.1, -0.05) is 17.7 Å². The molecule has 88 valence electrons. The molecule has 1 heterocycles. The molecule has 0 spiro atoms. The average Bonchev–Trinajstić information content (AvgIpc) is 2.26. The molecule has 16 heavy (non-hydrogen) atoms. The summed E-state index contributed by atoms with van der Waals surface area (Å²) in [4.78, 5) is 0. The Bertz CT molecular complexity index is 380. The van der Waals surface area contributed by atoms with Crippen molar-refractivity contribution in [2.24, 2.45) is 0 Å². The van der Waals surface area contributed by atoms with Gasteiger partial charge in [0.2, 0.25) is 0 Å². The molecule has 0 aliphatic carbocycles. The Balaban J connectivity index is 2.21. The molecule has 1 saturated heterocycles. The fourth-order valence-corrected chi connectivity index (χ4v) is 1.98. The summed E-state index contributed by atoms with van der Waals surface area (Å²) in [5.74, 6) is -0.181. The first kappa shape index (κ1) is 11.6. The van der Waals surface area contributed by atoms with Crippen LogP contribution in [0.3, 0.4) is 0 Å². The van der Waals surface area contributed by atoms with E-state index in [0.29, 0.717) is 18.2 Å². The number of benzene rings is 1. The second kappa shape index (κ2) is 4.52. The topological polar surface area (TPSA) is 21.3 Å². The molecule has 2 rings (SSSR count). The van der Waals surface area contributed by atoms with Gasteiger partial charge in [0.1, 0.15) is 5.82 Å². The fourth-order valence-electron chi connectivity index (χ4n) is 1.98. The van der Waals surface area contributed by atoms with Gasteiger partial charge in [-0.05, 0) is 26.8 Å². The Kier molecular flexibility index (Phi) is 3.26. The first-order chi connectivity index (χ1) is 7.58. The number of rotatable bonds is 1. The van der Waals surface area contributed by atoms with Crippen LogP contribution in [-0.2, 0) is 4.74 Å². The second-order valence-electron chi connectivity index (χ2n) is 4.55. The smallest absolute Gasteiger partial charge is 0.129 e. The molecule has 3 atom stereocenters. The maximum absolute atomic E-state index is 13.7. The minimum Gasteiger partial charge on any atom is -0.368 e. The summed E-state index contributed by atoms with van der Waals surface area (Å²) >= 11 is 0. The van der Waals surface area contributed by atoms with E-state index in [1.165, 1.54) is 6.07 Å². The molecule has 1 N–H and O–H groups in total. The first-order valence-electron chi connectivity index (χ1n) is 5.73. The quantitative estimate of drug-likeness (QED) is 0.790. The summed E-state index contributed by atoms with van der Waals surface area (Å²) in [5, 5.41) is 3.34. The Morgan fingerprint density at radius 3 is 2.81 bits per heavy atom. The highest BCUT2D eigenvalue weighted by Crippen LogP contribution is 2.26. The van der Waals surface area contributed by atoms with E-state index in [4.69, 9.17) is 4.74 Å². The minimum atomic E-state index is -0.181. The summed E-state index contributed by atoms with van der Waals surface area (Å²) in [6.45, 7) is 6.72. The molecule has 1 fully saturated rings. The molecule has 1 aromatic carbocycles. The van der Waals surface area contributed by atoms with E-state index in [0.717, 1.165) is 5.56 Å². The van der Waals surface area contributed by atoms with Crippen LogP contribution in [-0.4, -0.2) is 18.7 Å². The number of hydrogen-bond acceptors (Lipinski definition) is 2. The van der Waals surface area contributed by atoms with Crippen molar-refractivity contribution in [1.82, 2.24) is 5.32 Å². The average molecular weight is 223 g/mol. The first-order valence-corrected chi connectivity index (χ1v) is 5.73. The SMILES string of the molecule is Cc1ccc(F)c(C2CNC(C)C(C)O2)c1. The lowest BCUT2D eigenvalue weighted by Gasteiger charge is -2.34. The van der Waals surface area contributed by atoms with E-state index < -0.39 is 0 Å². The molecule has 0 saturated carbocycles. The Hall–Kier alpha value is -0.930. The van der Waals surface area contributed by atoms with E-state index >= 15 is 0 Å². The molecular formula is C13H18FNO. The lowest BCUT2D eigenvalue weighted by atomic mass is 10.0. The maximum atomic E-state index is 13.7. The monoisotopic (exact) mass is 223 g/mol. The highest BCUT2D eigenvalue weighted by atomic mass is 19.1. The molecule has 3 unspecified atom stereocenters. The molecule has 0 aromatic heterocycles. The van der Waals surface area contributed by atoms with E-state index in [1.807, 2.05) is 19.9 Å². The van der Waals surface area contributed by atoms with Crippen LogP contribution in [0.25, 0.3) is 0 Å². The van der Waals surface area contributed by atoms with Crippen molar-refractivity contribution in [2.75, 3.05) is 6.54 Å². The minimum absolute atomic E-state index is 0.110. The third-order valence-electron chi connectivity index (χ3n) is 3.21. The van der Waals surface area contributed by atoms with Gasteiger partial charge in [-0.2, -0.15) is 0 Å². The largest absolute Gasteiger partial charge is 0.368 e. The summed E-state index contributed by atoms with van der Waals surface area (Å²) in [7, 11) is 0. The molecule has 0 bridgehead atoms. The number of aryl methyl sites for hydroxylation is 1. The van der Waals surface area contributed by atoms with Crippen molar-refractivity contribution < 1.29 is 9.13 Å². The lowest BCUT2D eigenvalue weighted by molar-refractivity contribution is -0.0523. The van der Waals surface area contributed by atoms with Gasteiger partial charge in [-0.25, -0.2) is 4.39 Å². The molecule has 1 aromatic rings. The Labute approximate surface area is 95.8 Å². The van der Waals surface area contributed by atoms with E-state index in [2.05, 4.69) is 12.2 Å². The van der Waals surface area contributed by atoms with Gasteiger partial charge in [-0.3, -0.25) is 0 Å². The molecule has 1 aliphatic heterocycles. The van der Waals surface area contributed by atoms with Crippen LogP contribution in [0.5, 0.6) is 0 Å². The normalized spacial score (nSPS) is 30.4. The van der Waals surface area contributed by atoms with Gasteiger partial charge in [0.15, 0.2) is 0 Å². The predicted octanol–water partition coefficient (Wildman–Crippen LogP) is 2.57. The van der Waals surface area contributed by atoms with Crippen molar-refractivity contribution in [3.05, 3.63) is 35.1 Å². The van der Waals surface area contributed by atoms with Gasteiger partial charge in [-0.15, -0.1) is 0 Å². The Morgan fingerprint density at radius 2 is 2.12 bits per heavy atom. The van der Waals surface area contributed by atoms with Crippen LogP contribution in [0.4, 0.5) is 4.39 Å². The maximum Gasteiger partial charge on any atom is 0.129 e. The van der Waals surface area contributed by atoms with Gasteiger partial charge in [0.25, 0.3) is 0 Å². The van der Waals surface area contributed by atoms with Crippen LogP contribution in [0.2, 0.25) is 0 Å². The van der Waals surface area contributed by atoms with Crippen LogP contribution in [0.1, 0.15) is 31.1 Å². The molecule has 2 nitrogen and oxygen atoms in total. The van der Waals surface area contributed by atoms with Crippen molar-refractivity contribution in [3.63, 3.8) is 0 Å². The van der Waals surface area contributed by atoms with Gasteiger partial charge < -0.3 is 10.1 Å². The fraction of sp³-hybridized carbons (Fsp3) is 0.538. The van der Waals surface area contributed by atoms with Crippen LogP contribution >= 0.6 is 0 Å². The zero-order valence-corrected chi connectivity index (χ0v) is 9.96. The number of morpholine rings is 1. The van der Waals surface area contributed by atoms with Gasteiger partial charge in [0.05, 0.1) is 12.2 Å². The van der Waals surface area contributed by atoms with Crippen LogP contribution in [0.15, 0.2) is 18.2 Å². The summed E-state index contributed by atoms with van der Waals surface area (Å²) in [5.41, 5.74) is 1.72. The third-order valence-corrected chi connectivity index (χ3v) is 3.21. The zero-order chi connectivity index (χ0) is 11.7. The number of halogens is 1. The van der Waals surface area contributed by atoms with E-state index in [9.17, 15) is 4.39 Å². The van der Waals surface area contributed by atoms with E-state index in [1.54, 1.807) is 6.07 Å². The standard InChI is InChI=1S/C13H18FNO/c1-8-4-5-12(14)11(6-8)13-7-15-9(2)10(3)16-13/h4-6,9-10,13,15H,7H2,1-3H3.